The maximum absolute atomic E-state index is 12.1. The van der Waals surface area contributed by atoms with Crippen LogP contribution in [0.1, 0.15) is 36.6 Å². The molecule has 0 bridgehead atoms. The molecule has 0 saturated heterocycles. The first-order valence-electron chi connectivity index (χ1n) is 9.37. The normalized spacial score (nSPS) is 14.0. The lowest BCUT2D eigenvalue weighted by Gasteiger charge is -2.29. The zero-order valence-corrected chi connectivity index (χ0v) is 17.2. The van der Waals surface area contributed by atoms with Gasteiger partial charge in [0.05, 0.1) is 5.75 Å². The highest BCUT2D eigenvalue weighted by atomic mass is 32.2. The average molecular weight is 407 g/mol. The van der Waals surface area contributed by atoms with E-state index in [4.69, 9.17) is 0 Å². The Labute approximate surface area is 165 Å². The second kappa shape index (κ2) is 8.89. The van der Waals surface area contributed by atoms with Crippen LogP contribution in [0.3, 0.4) is 0 Å². The van der Waals surface area contributed by atoms with Crippen molar-refractivity contribution in [3.05, 3.63) is 46.2 Å². The predicted molar refractivity (Wildman–Crippen MR) is 112 cm³/mol. The van der Waals surface area contributed by atoms with Gasteiger partial charge in [-0.3, -0.25) is 4.79 Å². The number of amides is 1. The summed E-state index contributed by atoms with van der Waals surface area (Å²) in [6.07, 6.45) is 3.49. The maximum Gasteiger partial charge on any atom is 0.239 e. The van der Waals surface area contributed by atoms with Crippen LogP contribution in [0.2, 0.25) is 0 Å². The number of carbonyl (C=O) groups is 1. The Morgan fingerprint density at radius 2 is 1.96 bits per heavy atom. The number of rotatable bonds is 8. The van der Waals surface area contributed by atoms with Gasteiger partial charge in [0.25, 0.3) is 0 Å². The lowest BCUT2D eigenvalue weighted by Crippen LogP contribution is -2.29. The molecule has 1 aromatic carbocycles. The van der Waals surface area contributed by atoms with E-state index in [2.05, 4.69) is 21.7 Å². The number of unbranched alkanes of at least 4 members (excludes halogenated alkanes) is 2. The van der Waals surface area contributed by atoms with E-state index in [9.17, 15) is 13.2 Å². The number of nitrogens with one attached hydrogen (secondary N) is 1. The number of hydrogen-bond acceptors (Lipinski definition) is 5. The third-order valence-electron chi connectivity index (χ3n) is 4.73. The van der Waals surface area contributed by atoms with Crippen molar-refractivity contribution in [2.75, 3.05) is 28.3 Å². The molecule has 1 aliphatic heterocycles. The van der Waals surface area contributed by atoms with E-state index in [0.717, 1.165) is 38.0 Å². The largest absolute Gasteiger partial charge is 0.367 e. The molecule has 0 saturated carbocycles. The minimum Gasteiger partial charge on any atom is -0.367 e. The monoisotopic (exact) mass is 406 g/mol. The van der Waals surface area contributed by atoms with Crippen molar-refractivity contribution < 1.29 is 13.2 Å². The minimum atomic E-state index is -3.34. The molecule has 0 radical (unpaired) electrons. The van der Waals surface area contributed by atoms with Crippen LogP contribution >= 0.6 is 11.3 Å². The molecule has 1 amide bonds. The molecule has 0 spiro atoms. The van der Waals surface area contributed by atoms with Crippen LogP contribution in [-0.4, -0.2) is 32.4 Å². The van der Waals surface area contributed by atoms with E-state index in [0.29, 0.717) is 12.1 Å². The summed E-state index contributed by atoms with van der Waals surface area (Å²) < 4.78 is 24.0. The maximum atomic E-state index is 12.1. The molecular formula is C20H26N2O3S2. The van der Waals surface area contributed by atoms with E-state index in [1.54, 1.807) is 0 Å². The Morgan fingerprint density at radius 1 is 1.19 bits per heavy atom. The zero-order chi connectivity index (χ0) is 19.3. The molecule has 0 unspecified atom stereocenters. The molecule has 0 atom stereocenters. The number of carbonyl (C=O) groups excluding carboxylic acids is 1. The number of benzene rings is 1. The van der Waals surface area contributed by atoms with E-state index < -0.39 is 21.5 Å². The van der Waals surface area contributed by atoms with Crippen LogP contribution in [0.15, 0.2) is 35.7 Å². The summed E-state index contributed by atoms with van der Waals surface area (Å²) in [6.45, 7) is 3.90. The molecule has 3 rings (SSSR count). The number of anilines is 2. The highest BCUT2D eigenvalue weighted by Crippen LogP contribution is 2.28. The summed E-state index contributed by atoms with van der Waals surface area (Å²) in [7, 11) is -3.34. The molecule has 1 aliphatic rings. The molecule has 0 aliphatic carbocycles. The van der Waals surface area contributed by atoms with Gasteiger partial charge in [0.1, 0.15) is 5.75 Å². The number of hydrogen-bond donors (Lipinski definition) is 1. The first-order valence-corrected chi connectivity index (χ1v) is 12.1. The van der Waals surface area contributed by atoms with Gasteiger partial charge in [-0.05, 0) is 54.1 Å². The van der Waals surface area contributed by atoms with Crippen LogP contribution in [-0.2, 0) is 27.6 Å². The van der Waals surface area contributed by atoms with Gasteiger partial charge < -0.3 is 10.2 Å². The lowest BCUT2D eigenvalue weighted by molar-refractivity contribution is -0.113. The van der Waals surface area contributed by atoms with Crippen molar-refractivity contribution in [2.24, 2.45) is 0 Å². The fraction of sp³-hybridized carbons (Fsp3) is 0.450. The molecule has 27 heavy (non-hydrogen) atoms. The Balaban J connectivity index is 1.54. The van der Waals surface area contributed by atoms with Crippen LogP contribution < -0.4 is 10.2 Å². The first kappa shape index (κ1) is 19.9. The van der Waals surface area contributed by atoms with Gasteiger partial charge in [0.2, 0.25) is 5.91 Å². The second-order valence-electron chi connectivity index (χ2n) is 6.93. The van der Waals surface area contributed by atoms with E-state index in [1.165, 1.54) is 10.4 Å². The molecule has 1 N–H and O–H groups in total. The summed E-state index contributed by atoms with van der Waals surface area (Å²) in [5.41, 5.74) is 3.12. The Morgan fingerprint density at radius 3 is 2.70 bits per heavy atom. The number of fused-ring (bicyclic) bond motifs is 1. The van der Waals surface area contributed by atoms with Crippen molar-refractivity contribution in [1.82, 2.24) is 0 Å². The van der Waals surface area contributed by atoms with Crippen molar-refractivity contribution in [3.8, 4) is 0 Å². The van der Waals surface area contributed by atoms with Gasteiger partial charge >= 0.3 is 0 Å². The molecule has 7 heteroatoms. The van der Waals surface area contributed by atoms with E-state index in [1.807, 2.05) is 42.5 Å². The Kier molecular flexibility index (Phi) is 6.55. The topological polar surface area (TPSA) is 66.5 Å². The highest BCUT2D eigenvalue weighted by Gasteiger charge is 2.18. The first-order chi connectivity index (χ1) is 13.0. The summed E-state index contributed by atoms with van der Waals surface area (Å²) >= 11 is 1.82. The molecule has 2 aromatic rings. The van der Waals surface area contributed by atoms with Crippen LogP contribution in [0, 0.1) is 0 Å². The summed E-state index contributed by atoms with van der Waals surface area (Å²) in [6, 6.07) is 9.80. The van der Waals surface area contributed by atoms with Gasteiger partial charge in [-0.1, -0.05) is 19.8 Å². The molecule has 5 nitrogen and oxygen atoms in total. The smallest absolute Gasteiger partial charge is 0.239 e. The summed E-state index contributed by atoms with van der Waals surface area (Å²) in [5, 5.41) is 4.84. The highest BCUT2D eigenvalue weighted by molar-refractivity contribution is 7.92. The van der Waals surface area contributed by atoms with Crippen LogP contribution in [0.25, 0.3) is 0 Å². The van der Waals surface area contributed by atoms with Crippen molar-refractivity contribution in [2.45, 2.75) is 39.2 Å². The number of sulfone groups is 1. The Bertz CT molecular complexity index is 873. The quantitative estimate of drug-likeness (QED) is 0.676. The fourth-order valence-corrected chi connectivity index (χ4v) is 5.41. The summed E-state index contributed by atoms with van der Waals surface area (Å²) in [5.74, 6) is -0.849. The SMILES string of the molecule is CCCCCS(=O)(=O)CC(=O)Nc1ccc(N2CCc3sccc3C2)cc1. The average Bonchev–Trinajstić information content (AvgIpc) is 3.09. The van der Waals surface area contributed by atoms with E-state index >= 15 is 0 Å². The summed E-state index contributed by atoms with van der Waals surface area (Å²) in [4.78, 5) is 15.8. The standard InChI is InChI=1S/C20H26N2O3S2/c1-2-3-4-13-27(24,25)15-20(23)21-17-5-7-18(8-6-17)22-11-9-19-16(14-22)10-12-26-19/h5-8,10,12H,2-4,9,11,13-15H2,1H3,(H,21,23). The van der Waals surface area contributed by atoms with Gasteiger partial charge in [-0.2, -0.15) is 0 Å². The van der Waals surface area contributed by atoms with Gasteiger partial charge in [-0.25, -0.2) is 8.42 Å². The molecule has 146 valence electrons. The van der Waals surface area contributed by atoms with Crippen LogP contribution in [0.4, 0.5) is 11.4 Å². The second-order valence-corrected chi connectivity index (χ2v) is 10.1. The van der Waals surface area contributed by atoms with Crippen molar-refractivity contribution >= 4 is 38.5 Å². The van der Waals surface area contributed by atoms with Crippen molar-refractivity contribution in [3.63, 3.8) is 0 Å². The van der Waals surface area contributed by atoms with Crippen molar-refractivity contribution in [1.29, 1.82) is 0 Å². The zero-order valence-electron chi connectivity index (χ0n) is 15.6. The molecule has 1 aromatic heterocycles. The molecular weight excluding hydrogens is 380 g/mol. The van der Waals surface area contributed by atoms with Gasteiger partial charge in [0.15, 0.2) is 9.84 Å². The Hall–Kier alpha value is -1.86. The number of nitrogens with zero attached hydrogens (tertiary/aromatic N) is 1. The third kappa shape index (κ3) is 5.56. The minimum absolute atomic E-state index is 0.0761. The molecule has 0 fully saturated rings. The lowest BCUT2D eigenvalue weighted by atomic mass is 10.1. The van der Waals surface area contributed by atoms with Crippen LogP contribution in [0.5, 0.6) is 0 Å². The van der Waals surface area contributed by atoms with Gasteiger partial charge in [-0.15, -0.1) is 11.3 Å². The third-order valence-corrected chi connectivity index (χ3v) is 7.37. The van der Waals surface area contributed by atoms with Gasteiger partial charge in [0, 0.05) is 29.3 Å². The predicted octanol–water partition coefficient (Wildman–Crippen LogP) is 3.85. The van der Waals surface area contributed by atoms with E-state index in [-0.39, 0.29) is 5.75 Å². The molecule has 2 heterocycles. The fourth-order valence-electron chi connectivity index (χ4n) is 3.27. The number of thiophene rings is 1.